The molecule has 0 saturated carbocycles. The fourth-order valence-corrected chi connectivity index (χ4v) is 3.69. The summed E-state index contributed by atoms with van der Waals surface area (Å²) in [6.07, 6.45) is 1.00. The molecule has 122 valence electrons. The van der Waals surface area contributed by atoms with Crippen LogP contribution in [0.2, 0.25) is 0 Å². The zero-order chi connectivity index (χ0) is 16.3. The molecule has 5 heteroatoms. The lowest BCUT2D eigenvalue weighted by Crippen LogP contribution is -2.33. The van der Waals surface area contributed by atoms with Crippen molar-refractivity contribution in [1.29, 1.82) is 0 Å². The zero-order valence-corrected chi connectivity index (χ0v) is 14.1. The van der Waals surface area contributed by atoms with E-state index in [4.69, 9.17) is 4.18 Å². The quantitative estimate of drug-likeness (QED) is 0.791. The van der Waals surface area contributed by atoms with Crippen LogP contribution in [0.5, 0.6) is 0 Å². The average Bonchev–Trinajstić information content (AvgIpc) is 2.55. The summed E-state index contributed by atoms with van der Waals surface area (Å²) in [5, 5.41) is 0. The summed E-state index contributed by atoms with van der Waals surface area (Å²) in [6, 6.07) is 15.1. The van der Waals surface area contributed by atoms with Gasteiger partial charge < -0.3 is 0 Å². The maximum Gasteiger partial charge on any atom is 0.297 e. The maximum atomic E-state index is 12.1. The van der Waals surface area contributed by atoms with Crippen LogP contribution in [0.25, 0.3) is 0 Å². The Hall–Kier alpha value is -1.69. The van der Waals surface area contributed by atoms with E-state index in [1.54, 1.807) is 24.3 Å². The summed E-state index contributed by atoms with van der Waals surface area (Å²) < 4.78 is 29.5. The minimum atomic E-state index is -3.67. The van der Waals surface area contributed by atoms with Crippen molar-refractivity contribution in [3.8, 4) is 0 Å². The minimum absolute atomic E-state index is 0.179. The first kappa shape index (κ1) is 16.2. The molecule has 0 atom stereocenters. The van der Waals surface area contributed by atoms with Gasteiger partial charge in [0, 0.05) is 19.6 Å². The van der Waals surface area contributed by atoms with Crippen molar-refractivity contribution in [3.63, 3.8) is 0 Å². The van der Waals surface area contributed by atoms with E-state index < -0.39 is 10.1 Å². The summed E-state index contributed by atoms with van der Waals surface area (Å²) >= 11 is 0. The zero-order valence-electron chi connectivity index (χ0n) is 13.2. The molecule has 4 nitrogen and oxygen atoms in total. The molecule has 1 heterocycles. The van der Waals surface area contributed by atoms with Crippen LogP contribution in [-0.2, 0) is 27.3 Å². The third kappa shape index (κ3) is 3.99. The third-order valence-electron chi connectivity index (χ3n) is 4.17. The van der Waals surface area contributed by atoms with Gasteiger partial charge in [-0.05, 0) is 36.6 Å². The van der Waals surface area contributed by atoms with Crippen LogP contribution < -0.4 is 0 Å². The molecule has 1 aliphatic heterocycles. The lowest BCUT2D eigenvalue weighted by Gasteiger charge is -2.28. The van der Waals surface area contributed by atoms with Crippen molar-refractivity contribution in [2.45, 2.75) is 24.8 Å². The molecule has 0 N–H and O–H groups in total. The van der Waals surface area contributed by atoms with Gasteiger partial charge in [-0.1, -0.05) is 42.0 Å². The van der Waals surface area contributed by atoms with Crippen LogP contribution in [0.15, 0.2) is 53.4 Å². The highest BCUT2D eigenvalue weighted by atomic mass is 32.2. The van der Waals surface area contributed by atoms with Gasteiger partial charge in [0.05, 0.1) is 11.5 Å². The van der Waals surface area contributed by atoms with Crippen LogP contribution in [0.1, 0.15) is 16.7 Å². The molecule has 0 saturated heterocycles. The smallest absolute Gasteiger partial charge is 0.296 e. The van der Waals surface area contributed by atoms with E-state index in [1.807, 2.05) is 13.0 Å². The molecule has 0 fully saturated rings. The van der Waals surface area contributed by atoms with E-state index in [-0.39, 0.29) is 11.5 Å². The van der Waals surface area contributed by atoms with E-state index >= 15 is 0 Å². The SMILES string of the molecule is Cc1ccc(S(=O)(=O)OCCN2CCc3ccccc3C2)cc1. The first-order chi connectivity index (χ1) is 11.0. The number of rotatable bonds is 5. The lowest BCUT2D eigenvalue weighted by molar-refractivity contribution is 0.199. The molecule has 0 aliphatic carbocycles. The summed E-state index contributed by atoms with van der Waals surface area (Å²) in [7, 11) is -3.67. The lowest BCUT2D eigenvalue weighted by atomic mass is 10.0. The van der Waals surface area contributed by atoms with Crippen molar-refractivity contribution in [1.82, 2.24) is 4.90 Å². The van der Waals surface area contributed by atoms with Crippen LogP contribution in [0.4, 0.5) is 0 Å². The van der Waals surface area contributed by atoms with Gasteiger partial charge in [-0.3, -0.25) is 9.08 Å². The molecule has 0 bridgehead atoms. The normalized spacial score (nSPS) is 15.3. The van der Waals surface area contributed by atoms with Crippen molar-refractivity contribution in [3.05, 3.63) is 65.2 Å². The highest BCUT2D eigenvalue weighted by Crippen LogP contribution is 2.18. The molecule has 2 aromatic rings. The number of nitrogens with zero attached hydrogens (tertiary/aromatic N) is 1. The van der Waals surface area contributed by atoms with Gasteiger partial charge in [-0.2, -0.15) is 8.42 Å². The van der Waals surface area contributed by atoms with Gasteiger partial charge >= 0.3 is 0 Å². The molecule has 0 spiro atoms. The van der Waals surface area contributed by atoms with Gasteiger partial charge in [0.25, 0.3) is 10.1 Å². The fraction of sp³-hybridized carbons (Fsp3) is 0.333. The van der Waals surface area contributed by atoms with Gasteiger partial charge in [-0.15, -0.1) is 0 Å². The van der Waals surface area contributed by atoms with E-state index in [1.165, 1.54) is 11.1 Å². The standard InChI is InChI=1S/C18H21NO3S/c1-15-6-8-18(9-7-15)23(20,21)22-13-12-19-11-10-16-4-2-3-5-17(16)14-19/h2-9H,10-14H2,1H3. The van der Waals surface area contributed by atoms with Crippen LogP contribution in [-0.4, -0.2) is 33.0 Å². The molecule has 3 rings (SSSR count). The Kier molecular flexibility index (Phi) is 4.80. The van der Waals surface area contributed by atoms with Crippen LogP contribution in [0.3, 0.4) is 0 Å². The summed E-state index contributed by atoms with van der Waals surface area (Å²) in [4.78, 5) is 2.44. The largest absolute Gasteiger partial charge is 0.297 e. The topological polar surface area (TPSA) is 46.6 Å². The van der Waals surface area contributed by atoms with Crippen LogP contribution in [0, 0.1) is 6.92 Å². The summed E-state index contributed by atoms with van der Waals surface area (Å²) in [6.45, 7) is 4.50. The summed E-state index contributed by atoms with van der Waals surface area (Å²) in [5.74, 6) is 0. The Morgan fingerprint density at radius 3 is 2.48 bits per heavy atom. The first-order valence-electron chi connectivity index (χ1n) is 7.80. The van der Waals surface area contributed by atoms with Gasteiger partial charge in [0.2, 0.25) is 0 Å². The molecule has 0 amide bonds. The molecular formula is C18H21NO3S. The highest BCUT2D eigenvalue weighted by molar-refractivity contribution is 7.86. The second kappa shape index (κ2) is 6.83. The third-order valence-corrected chi connectivity index (χ3v) is 5.49. The number of fused-ring (bicyclic) bond motifs is 1. The van der Waals surface area contributed by atoms with Crippen molar-refractivity contribution in [2.75, 3.05) is 19.7 Å². The van der Waals surface area contributed by atoms with E-state index in [9.17, 15) is 8.42 Å². The maximum absolute atomic E-state index is 12.1. The van der Waals surface area contributed by atoms with E-state index in [2.05, 4.69) is 23.1 Å². The Labute approximate surface area is 137 Å². The Bertz CT molecular complexity index is 769. The highest BCUT2D eigenvalue weighted by Gasteiger charge is 2.18. The number of hydrogen-bond acceptors (Lipinski definition) is 4. The Morgan fingerprint density at radius 1 is 1.04 bits per heavy atom. The molecule has 0 aromatic heterocycles. The predicted molar refractivity (Wildman–Crippen MR) is 89.7 cm³/mol. The predicted octanol–water partition coefficient (Wildman–Crippen LogP) is 2.76. The summed E-state index contributed by atoms with van der Waals surface area (Å²) in [5.41, 5.74) is 3.73. The first-order valence-corrected chi connectivity index (χ1v) is 9.21. The van der Waals surface area contributed by atoms with Crippen molar-refractivity contribution < 1.29 is 12.6 Å². The van der Waals surface area contributed by atoms with Crippen molar-refractivity contribution >= 4 is 10.1 Å². The fourth-order valence-electron chi connectivity index (χ4n) is 2.79. The van der Waals surface area contributed by atoms with Crippen molar-refractivity contribution in [2.24, 2.45) is 0 Å². The number of aryl methyl sites for hydroxylation is 1. The molecule has 1 aliphatic rings. The molecule has 0 radical (unpaired) electrons. The average molecular weight is 331 g/mol. The second-order valence-corrected chi connectivity index (χ2v) is 7.50. The van der Waals surface area contributed by atoms with Gasteiger partial charge in [-0.25, -0.2) is 0 Å². The number of hydrogen-bond donors (Lipinski definition) is 0. The minimum Gasteiger partial charge on any atom is -0.296 e. The van der Waals surface area contributed by atoms with E-state index in [0.29, 0.717) is 6.54 Å². The van der Waals surface area contributed by atoms with Crippen LogP contribution >= 0.6 is 0 Å². The second-order valence-electron chi connectivity index (χ2n) is 5.88. The molecule has 0 unspecified atom stereocenters. The van der Waals surface area contributed by atoms with Gasteiger partial charge in [0.15, 0.2) is 0 Å². The monoisotopic (exact) mass is 331 g/mol. The van der Waals surface area contributed by atoms with Gasteiger partial charge in [0.1, 0.15) is 0 Å². The Morgan fingerprint density at radius 2 is 1.74 bits per heavy atom. The number of benzene rings is 2. The Balaban J connectivity index is 1.55. The van der Waals surface area contributed by atoms with E-state index in [0.717, 1.165) is 25.1 Å². The molecule has 2 aromatic carbocycles. The molecular weight excluding hydrogens is 310 g/mol. The molecule has 23 heavy (non-hydrogen) atoms.